The number of para-hydroxylation sites is 1. The van der Waals surface area contributed by atoms with Crippen LogP contribution in [0.3, 0.4) is 0 Å². The van der Waals surface area contributed by atoms with Crippen molar-refractivity contribution in [2.75, 3.05) is 0 Å². The standard InChI is InChI=1S/C16H21NO3/c1-10(2)8-11(3)17-9-13-12-6-4-5-7-14(12)20-15(13)16(18)19/h4-7,10-11,17H,8-9H2,1-3H3,(H,18,19). The van der Waals surface area contributed by atoms with Gasteiger partial charge in [0, 0.05) is 23.5 Å². The van der Waals surface area contributed by atoms with E-state index in [1.807, 2.05) is 18.2 Å². The number of furan rings is 1. The Kier molecular flexibility index (Phi) is 4.45. The normalized spacial score (nSPS) is 13.0. The van der Waals surface area contributed by atoms with Crippen molar-refractivity contribution in [3.63, 3.8) is 0 Å². The minimum atomic E-state index is -1.02. The third-order valence-corrected chi connectivity index (χ3v) is 3.34. The van der Waals surface area contributed by atoms with E-state index >= 15 is 0 Å². The summed E-state index contributed by atoms with van der Waals surface area (Å²) in [6.07, 6.45) is 1.05. The van der Waals surface area contributed by atoms with Crippen LogP contribution < -0.4 is 5.32 Å². The largest absolute Gasteiger partial charge is 0.475 e. The zero-order valence-corrected chi connectivity index (χ0v) is 12.1. The van der Waals surface area contributed by atoms with Gasteiger partial charge in [0.05, 0.1) is 0 Å². The van der Waals surface area contributed by atoms with Crippen LogP contribution in [0.1, 0.15) is 43.3 Å². The van der Waals surface area contributed by atoms with Crippen LogP contribution in [-0.2, 0) is 6.54 Å². The zero-order chi connectivity index (χ0) is 14.7. The van der Waals surface area contributed by atoms with Gasteiger partial charge in [0.15, 0.2) is 0 Å². The SMILES string of the molecule is CC(C)CC(C)NCc1c(C(=O)O)oc2ccccc12. The van der Waals surface area contributed by atoms with Crippen LogP contribution in [0.2, 0.25) is 0 Å². The maximum atomic E-state index is 11.3. The molecule has 0 bridgehead atoms. The molecule has 1 aromatic carbocycles. The summed E-state index contributed by atoms with van der Waals surface area (Å²) < 4.78 is 5.43. The molecule has 1 aromatic heterocycles. The number of benzene rings is 1. The molecule has 0 aliphatic carbocycles. The molecule has 0 amide bonds. The number of hydrogen-bond acceptors (Lipinski definition) is 3. The van der Waals surface area contributed by atoms with Gasteiger partial charge in [-0.1, -0.05) is 32.0 Å². The van der Waals surface area contributed by atoms with E-state index in [4.69, 9.17) is 4.42 Å². The number of rotatable bonds is 6. The fourth-order valence-corrected chi connectivity index (χ4v) is 2.51. The van der Waals surface area contributed by atoms with Gasteiger partial charge >= 0.3 is 5.97 Å². The molecule has 2 aromatic rings. The number of carboxylic acids is 1. The second kappa shape index (κ2) is 6.09. The second-order valence-corrected chi connectivity index (χ2v) is 5.62. The molecular weight excluding hydrogens is 254 g/mol. The van der Waals surface area contributed by atoms with Crippen LogP contribution in [0, 0.1) is 5.92 Å². The first-order valence-corrected chi connectivity index (χ1v) is 6.96. The number of hydrogen-bond donors (Lipinski definition) is 2. The number of nitrogens with one attached hydrogen (secondary N) is 1. The number of aromatic carboxylic acids is 1. The molecule has 0 aliphatic rings. The molecule has 2 rings (SSSR count). The Morgan fingerprint density at radius 2 is 2.00 bits per heavy atom. The van der Waals surface area contributed by atoms with Crippen molar-refractivity contribution in [2.45, 2.75) is 39.8 Å². The Hall–Kier alpha value is -1.81. The highest BCUT2D eigenvalue weighted by atomic mass is 16.4. The molecule has 4 nitrogen and oxygen atoms in total. The predicted molar refractivity (Wildman–Crippen MR) is 78.9 cm³/mol. The maximum absolute atomic E-state index is 11.3. The topological polar surface area (TPSA) is 62.5 Å². The molecule has 1 unspecified atom stereocenters. The molecule has 1 heterocycles. The molecule has 0 aliphatic heterocycles. The lowest BCUT2D eigenvalue weighted by Crippen LogP contribution is -2.27. The van der Waals surface area contributed by atoms with Gasteiger partial charge in [-0.2, -0.15) is 0 Å². The number of carboxylic acid groups (broad SMARTS) is 1. The second-order valence-electron chi connectivity index (χ2n) is 5.62. The molecular formula is C16H21NO3. The molecule has 0 radical (unpaired) electrons. The van der Waals surface area contributed by atoms with Gasteiger partial charge in [0.1, 0.15) is 5.58 Å². The van der Waals surface area contributed by atoms with Crippen LogP contribution in [-0.4, -0.2) is 17.1 Å². The molecule has 108 valence electrons. The van der Waals surface area contributed by atoms with Gasteiger partial charge < -0.3 is 14.8 Å². The molecule has 0 saturated heterocycles. The first-order chi connectivity index (χ1) is 9.49. The van der Waals surface area contributed by atoms with E-state index in [1.165, 1.54) is 0 Å². The lowest BCUT2D eigenvalue weighted by Gasteiger charge is -2.15. The van der Waals surface area contributed by atoms with Crippen molar-refractivity contribution in [2.24, 2.45) is 5.92 Å². The molecule has 4 heteroatoms. The van der Waals surface area contributed by atoms with Gasteiger partial charge in [-0.25, -0.2) is 4.79 Å². The van der Waals surface area contributed by atoms with E-state index in [-0.39, 0.29) is 5.76 Å². The third-order valence-electron chi connectivity index (χ3n) is 3.34. The first kappa shape index (κ1) is 14.6. The molecule has 20 heavy (non-hydrogen) atoms. The fourth-order valence-electron chi connectivity index (χ4n) is 2.51. The van der Waals surface area contributed by atoms with Gasteiger partial charge in [0.2, 0.25) is 5.76 Å². The molecule has 0 fully saturated rings. The van der Waals surface area contributed by atoms with E-state index in [0.29, 0.717) is 24.1 Å². The van der Waals surface area contributed by atoms with Gasteiger partial charge in [-0.15, -0.1) is 0 Å². The summed E-state index contributed by atoms with van der Waals surface area (Å²) in [4.78, 5) is 11.3. The van der Waals surface area contributed by atoms with E-state index in [2.05, 4.69) is 26.1 Å². The Morgan fingerprint density at radius 3 is 2.65 bits per heavy atom. The summed E-state index contributed by atoms with van der Waals surface area (Å²) in [6.45, 7) is 6.97. The van der Waals surface area contributed by atoms with Crippen LogP contribution in [0.15, 0.2) is 28.7 Å². The predicted octanol–water partition coefficient (Wildman–Crippen LogP) is 3.66. The Labute approximate surface area is 118 Å². The van der Waals surface area contributed by atoms with Crippen molar-refractivity contribution in [1.29, 1.82) is 0 Å². The van der Waals surface area contributed by atoms with Crippen LogP contribution in [0.4, 0.5) is 0 Å². The van der Waals surface area contributed by atoms with Crippen molar-refractivity contribution in [3.05, 3.63) is 35.6 Å². The van der Waals surface area contributed by atoms with Gasteiger partial charge in [-0.3, -0.25) is 0 Å². The molecule has 0 saturated carbocycles. The summed E-state index contributed by atoms with van der Waals surface area (Å²) >= 11 is 0. The van der Waals surface area contributed by atoms with Gasteiger partial charge in [0.25, 0.3) is 0 Å². The fraction of sp³-hybridized carbons (Fsp3) is 0.438. The van der Waals surface area contributed by atoms with Crippen molar-refractivity contribution >= 4 is 16.9 Å². The van der Waals surface area contributed by atoms with Crippen molar-refractivity contribution in [3.8, 4) is 0 Å². The van der Waals surface area contributed by atoms with Crippen molar-refractivity contribution < 1.29 is 14.3 Å². The quantitative estimate of drug-likeness (QED) is 0.844. The monoisotopic (exact) mass is 275 g/mol. The summed E-state index contributed by atoms with van der Waals surface area (Å²) in [5.41, 5.74) is 1.35. The number of fused-ring (bicyclic) bond motifs is 1. The summed E-state index contributed by atoms with van der Waals surface area (Å²) in [6, 6.07) is 7.77. The van der Waals surface area contributed by atoms with Gasteiger partial charge in [-0.05, 0) is 25.3 Å². The Bertz CT molecular complexity index is 601. The molecule has 1 atom stereocenters. The first-order valence-electron chi connectivity index (χ1n) is 6.96. The lowest BCUT2D eigenvalue weighted by molar-refractivity contribution is 0.0663. The average molecular weight is 275 g/mol. The lowest BCUT2D eigenvalue weighted by atomic mass is 10.0. The van der Waals surface area contributed by atoms with Crippen LogP contribution in [0.5, 0.6) is 0 Å². The zero-order valence-electron chi connectivity index (χ0n) is 12.1. The number of carbonyl (C=O) groups is 1. The summed E-state index contributed by atoms with van der Waals surface area (Å²) in [5, 5.41) is 13.5. The average Bonchev–Trinajstić information content (AvgIpc) is 2.74. The molecule has 2 N–H and O–H groups in total. The van der Waals surface area contributed by atoms with E-state index in [0.717, 1.165) is 17.4 Å². The Balaban J connectivity index is 2.23. The summed E-state index contributed by atoms with van der Waals surface area (Å²) in [7, 11) is 0. The third kappa shape index (κ3) is 3.20. The smallest absolute Gasteiger partial charge is 0.372 e. The Morgan fingerprint density at radius 1 is 1.30 bits per heavy atom. The highest BCUT2D eigenvalue weighted by Crippen LogP contribution is 2.26. The van der Waals surface area contributed by atoms with Crippen LogP contribution in [0.25, 0.3) is 11.0 Å². The van der Waals surface area contributed by atoms with E-state index in [9.17, 15) is 9.90 Å². The van der Waals surface area contributed by atoms with Crippen LogP contribution >= 0.6 is 0 Å². The van der Waals surface area contributed by atoms with E-state index < -0.39 is 5.97 Å². The minimum Gasteiger partial charge on any atom is -0.475 e. The molecule has 0 spiro atoms. The maximum Gasteiger partial charge on any atom is 0.372 e. The van der Waals surface area contributed by atoms with E-state index in [1.54, 1.807) is 6.07 Å². The highest BCUT2D eigenvalue weighted by molar-refractivity contribution is 5.95. The minimum absolute atomic E-state index is 0.0375. The summed E-state index contributed by atoms with van der Waals surface area (Å²) in [5.74, 6) is -0.373. The highest BCUT2D eigenvalue weighted by Gasteiger charge is 2.19. The van der Waals surface area contributed by atoms with Crippen molar-refractivity contribution in [1.82, 2.24) is 5.32 Å².